The molecular weight excluding hydrogens is 320 g/mol. The predicted octanol–water partition coefficient (Wildman–Crippen LogP) is 1.77. The number of nitrogens with zero attached hydrogens (tertiary/aromatic N) is 2. The van der Waals surface area contributed by atoms with Crippen molar-refractivity contribution in [2.24, 2.45) is 0 Å². The van der Waals surface area contributed by atoms with Crippen molar-refractivity contribution < 1.29 is 12.6 Å². The van der Waals surface area contributed by atoms with E-state index in [0.29, 0.717) is 11.3 Å². The Hall–Kier alpha value is -1.31. The molecule has 0 spiro atoms. The third-order valence-electron chi connectivity index (χ3n) is 3.91. The molecule has 0 aliphatic carbocycles. The van der Waals surface area contributed by atoms with E-state index in [1.807, 2.05) is 26.0 Å². The number of hydrogen-bond acceptors (Lipinski definition) is 4. The summed E-state index contributed by atoms with van der Waals surface area (Å²) in [6.07, 6.45) is 1.59. The molecule has 1 fully saturated rings. The molecule has 2 heterocycles. The normalized spacial score (nSPS) is 22.7. The summed E-state index contributed by atoms with van der Waals surface area (Å²) in [6.45, 7) is 4.21. The van der Waals surface area contributed by atoms with Gasteiger partial charge in [-0.05, 0) is 26.0 Å². The lowest BCUT2D eigenvalue weighted by atomic mass is 10.2. The van der Waals surface area contributed by atoms with Gasteiger partial charge < -0.3 is 0 Å². The summed E-state index contributed by atoms with van der Waals surface area (Å²) < 4.78 is 38.9. The molecule has 22 heavy (non-hydrogen) atoms. The molecule has 3 rings (SSSR count). The zero-order chi connectivity index (χ0) is 16.0. The van der Waals surface area contributed by atoms with E-state index in [1.54, 1.807) is 24.4 Å². The molecule has 0 radical (unpaired) electrons. The molecule has 0 bridgehead atoms. The van der Waals surface area contributed by atoms with Gasteiger partial charge in [0, 0.05) is 41.2 Å². The van der Waals surface area contributed by atoms with Gasteiger partial charge >= 0.3 is 0 Å². The number of fused-ring (bicyclic) bond motifs is 1. The molecule has 0 saturated carbocycles. The van der Waals surface area contributed by atoms with Crippen LogP contribution in [0.5, 0.6) is 0 Å². The van der Waals surface area contributed by atoms with E-state index in [0.717, 1.165) is 5.39 Å². The number of sulfonamides is 1. The van der Waals surface area contributed by atoms with Crippen molar-refractivity contribution in [3.05, 3.63) is 36.5 Å². The Labute approximate surface area is 132 Å². The van der Waals surface area contributed by atoms with Crippen LogP contribution in [0.2, 0.25) is 0 Å². The van der Waals surface area contributed by atoms with Crippen LogP contribution in [0.15, 0.2) is 41.4 Å². The molecule has 1 aromatic heterocycles. The van der Waals surface area contributed by atoms with Crippen LogP contribution in [-0.2, 0) is 20.8 Å². The Morgan fingerprint density at radius 2 is 1.95 bits per heavy atom. The van der Waals surface area contributed by atoms with Gasteiger partial charge in [0.05, 0.1) is 10.3 Å². The van der Waals surface area contributed by atoms with Crippen molar-refractivity contribution in [1.29, 1.82) is 0 Å². The Morgan fingerprint density at radius 3 is 2.68 bits per heavy atom. The molecule has 7 heteroatoms. The van der Waals surface area contributed by atoms with Gasteiger partial charge in [-0.25, -0.2) is 8.42 Å². The van der Waals surface area contributed by atoms with Crippen molar-refractivity contribution in [3.63, 3.8) is 0 Å². The quantitative estimate of drug-likeness (QED) is 0.837. The Kier molecular flexibility index (Phi) is 3.82. The summed E-state index contributed by atoms with van der Waals surface area (Å²) in [6, 6.07) is 8.78. The van der Waals surface area contributed by atoms with Gasteiger partial charge in [0.15, 0.2) is 0 Å². The fourth-order valence-corrected chi connectivity index (χ4v) is 5.87. The van der Waals surface area contributed by atoms with Gasteiger partial charge in [0.2, 0.25) is 10.0 Å². The first-order valence-corrected chi connectivity index (χ1v) is 9.81. The lowest BCUT2D eigenvalue weighted by Gasteiger charge is -2.36. The highest BCUT2D eigenvalue weighted by Crippen LogP contribution is 2.28. The molecule has 5 nitrogen and oxygen atoms in total. The molecular formula is C15H18N2O3S2. The summed E-state index contributed by atoms with van der Waals surface area (Å²) in [4.78, 5) is 4.44. The number of benzene rings is 1. The lowest BCUT2D eigenvalue weighted by Crippen LogP contribution is -2.51. The van der Waals surface area contributed by atoms with E-state index < -0.39 is 25.6 Å². The van der Waals surface area contributed by atoms with Gasteiger partial charge in [-0.15, -0.1) is 0 Å². The first-order chi connectivity index (χ1) is 10.3. The van der Waals surface area contributed by atoms with E-state index in [2.05, 4.69) is 4.98 Å². The van der Waals surface area contributed by atoms with Crippen LogP contribution < -0.4 is 0 Å². The minimum absolute atomic E-state index is 0.217. The number of hydrogen-bond donors (Lipinski definition) is 0. The molecule has 1 aliphatic rings. The van der Waals surface area contributed by atoms with Crippen molar-refractivity contribution >= 4 is 31.7 Å². The second kappa shape index (κ2) is 5.40. The summed E-state index contributed by atoms with van der Waals surface area (Å²) in [5.74, 6) is 0.366. The van der Waals surface area contributed by atoms with E-state index in [-0.39, 0.29) is 18.0 Å². The Balaban J connectivity index is 2.08. The van der Waals surface area contributed by atoms with E-state index in [9.17, 15) is 12.6 Å². The fraction of sp³-hybridized carbons (Fsp3) is 0.400. The topological polar surface area (TPSA) is 67.3 Å². The van der Waals surface area contributed by atoms with Gasteiger partial charge in [0.1, 0.15) is 4.90 Å². The minimum atomic E-state index is -3.65. The van der Waals surface area contributed by atoms with Crippen LogP contribution in [0.25, 0.3) is 10.9 Å². The highest BCUT2D eigenvalue weighted by Gasteiger charge is 2.39. The van der Waals surface area contributed by atoms with E-state index >= 15 is 0 Å². The Morgan fingerprint density at radius 1 is 1.23 bits per heavy atom. The predicted molar refractivity (Wildman–Crippen MR) is 87.6 cm³/mol. The summed E-state index contributed by atoms with van der Waals surface area (Å²) in [5.41, 5.74) is 0.481. The van der Waals surface area contributed by atoms with Gasteiger partial charge in [-0.2, -0.15) is 4.31 Å². The van der Waals surface area contributed by atoms with Crippen LogP contribution >= 0.6 is 0 Å². The standard InChI is InChI=1S/C15H18N2O3S2/c1-15(2)11-17(9-10-21(15)18)22(19,20)13-7-3-5-12-6-4-8-16-14(12)13/h3-8H,9-11H2,1-2H3/t21-/m0/s1. The maximum atomic E-state index is 13.0. The first-order valence-electron chi connectivity index (χ1n) is 7.05. The molecule has 1 aliphatic heterocycles. The van der Waals surface area contributed by atoms with Gasteiger partial charge in [0.25, 0.3) is 0 Å². The molecule has 1 aromatic carbocycles. The van der Waals surface area contributed by atoms with Crippen LogP contribution in [0.4, 0.5) is 0 Å². The van der Waals surface area contributed by atoms with Crippen LogP contribution in [0, 0.1) is 0 Å². The monoisotopic (exact) mass is 338 g/mol. The van der Waals surface area contributed by atoms with E-state index in [1.165, 1.54) is 4.31 Å². The van der Waals surface area contributed by atoms with Crippen LogP contribution in [0.3, 0.4) is 0 Å². The van der Waals surface area contributed by atoms with Crippen molar-refractivity contribution in [1.82, 2.24) is 9.29 Å². The third-order valence-corrected chi connectivity index (χ3v) is 7.70. The highest BCUT2D eigenvalue weighted by molar-refractivity contribution is 7.90. The first kappa shape index (κ1) is 15.6. The van der Waals surface area contributed by atoms with E-state index in [4.69, 9.17) is 0 Å². The molecule has 1 atom stereocenters. The lowest BCUT2D eigenvalue weighted by molar-refractivity contribution is 0.379. The zero-order valence-corrected chi connectivity index (χ0v) is 14.2. The molecule has 0 N–H and O–H groups in total. The third kappa shape index (κ3) is 2.57. The summed E-state index contributed by atoms with van der Waals surface area (Å²) >= 11 is 0. The smallest absolute Gasteiger partial charge is 0.245 e. The highest BCUT2D eigenvalue weighted by atomic mass is 32.2. The minimum Gasteiger partial charge on any atom is -0.259 e. The SMILES string of the molecule is CC1(C)CN(S(=O)(=O)c2cccc3cccnc23)CC[S@@]1=O. The number of rotatable bonds is 2. The zero-order valence-electron chi connectivity index (χ0n) is 12.5. The van der Waals surface area contributed by atoms with Gasteiger partial charge in [-0.3, -0.25) is 9.19 Å². The number of pyridine rings is 1. The Bertz CT molecular complexity index is 841. The molecule has 0 unspecified atom stereocenters. The average Bonchev–Trinajstić information content (AvgIpc) is 2.49. The summed E-state index contributed by atoms with van der Waals surface area (Å²) in [5, 5.41) is 0.795. The number of aromatic nitrogens is 1. The largest absolute Gasteiger partial charge is 0.259 e. The second-order valence-corrected chi connectivity index (χ2v) is 10.1. The second-order valence-electron chi connectivity index (χ2n) is 5.98. The molecule has 118 valence electrons. The van der Waals surface area contributed by atoms with Crippen LogP contribution in [0.1, 0.15) is 13.8 Å². The summed E-state index contributed by atoms with van der Waals surface area (Å²) in [7, 11) is -4.66. The van der Waals surface area contributed by atoms with Crippen LogP contribution in [-0.4, -0.2) is 45.5 Å². The number of para-hydroxylation sites is 1. The molecule has 0 amide bonds. The maximum absolute atomic E-state index is 13.0. The van der Waals surface area contributed by atoms with Crippen molar-refractivity contribution in [2.45, 2.75) is 23.5 Å². The van der Waals surface area contributed by atoms with Crippen molar-refractivity contribution in [2.75, 3.05) is 18.8 Å². The fourth-order valence-electron chi connectivity index (χ4n) is 2.67. The molecule has 2 aromatic rings. The van der Waals surface area contributed by atoms with Crippen molar-refractivity contribution in [3.8, 4) is 0 Å². The van der Waals surface area contributed by atoms with Gasteiger partial charge in [-0.1, -0.05) is 18.2 Å². The average molecular weight is 338 g/mol. The molecule has 1 saturated heterocycles. The maximum Gasteiger partial charge on any atom is 0.245 e.